The van der Waals surface area contributed by atoms with Gasteiger partial charge in [0.2, 0.25) is 0 Å². The molecule has 1 amide bonds. The number of hydrogen-bond acceptors (Lipinski definition) is 3. The maximum absolute atomic E-state index is 11.6. The van der Waals surface area contributed by atoms with Crippen molar-refractivity contribution in [2.45, 2.75) is 39.7 Å². The molecule has 1 saturated heterocycles. The number of rotatable bonds is 2. The molecule has 18 heavy (non-hydrogen) atoms. The second-order valence-corrected chi connectivity index (χ2v) is 4.79. The third kappa shape index (κ3) is 2.66. The quantitative estimate of drug-likeness (QED) is 0.810. The van der Waals surface area contributed by atoms with E-state index in [4.69, 9.17) is 4.74 Å². The summed E-state index contributed by atoms with van der Waals surface area (Å²) in [6, 6.07) is 2.50. The van der Waals surface area contributed by atoms with Crippen molar-refractivity contribution in [3.63, 3.8) is 0 Å². The number of amides is 1. The number of aromatic nitrogens is 2. The second kappa shape index (κ2) is 5.42. The van der Waals surface area contributed by atoms with Crippen molar-refractivity contribution in [3.8, 4) is 0 Å². The lowest BCUT2D eigenvalue weighted by molar-refractivity contribution is 0.0913. The van der Waals surface area contributed by atoms with E-state index < -0.39 is 0 Å². The van der Waals surface area contributed by atoms with E-state index in [9.17, 15) is 4.79 Å². The monoisotopic (exact) mass is 251 g/mol. The van der Waals surface area contributed by atoms with Crippen LogP contribution in [0.3, 0.4) is 0 Å². The molecule has 2 rings (SSSR count). The lowest BCUT2D eigenvalue weighted by Crippen LogP contribution is -2.39. The van der Waals surface area contributed by atoms with Crippen LogP contribution in [0.4, 0.5) is 4.79 Å². The van der Waals surface area contributed by atoms with Crippen LogP contribution in [0.5, 0.6) is 0 Å². The highest BCUT2D eigenvalue weighted by atomic mass is 16.6. The van der Waals surface area contributed by atoms with Gasteiger partial charge in [-0.1, -0.05) is 0 Å². The summed E-state index contributed by atoms with van der Waals surface area (Å²) < 4.78 is 7.11. The molecule has 0 aliphatic carbocycles. The van der Waals surface area contributed by atoms with Gasteiger partial charge in [0.25, 0.3) is 0 Å². The standard InChI is InChI=1S/C13H21N3O2/c1-4-18-13(17)15-7-5-12(6-8-15)16-11(3)9-10(2)14-16/h9,12H,4-8H2,1-3H3. The van der Waals surface area contributed by atoms with Crippen LogP contribution >= 0.6 is 0 Å². The molecule has 0 saturated carbocycles. The predicted molar refractivity (Wildman–Crippen MR) is 68.6 cm³/mol. The first-order chi connectivity index (χ1) is 8.61. The van der Waals surface area contributed by atoms with Crippen LogP contribution in [0.1, 0.15) is 37.2 Å². The zero-order valence-corrected chi connectivity index (χ0v) is 11.3. The van der Waals surface area contributed by atoms with Crippen LogP contribution < -0.4 is 0 Å². The molecular weight excluding hydrogens is 230 g/mol. The fourth-order valence-electron chi connectivity index (χ4n) is 2.52. The van der Waals surface area contributed by atoms with Crippen LogP contribution in [0, 0.1) is 13.8 Å². The van der Waals surface area contributed by atoms with Crippen LogP contribution in [-0.2, 0) is 4.74 Å². The Bertz CT molecular complexity index is 420. The molecule has 0 N–H and O–H groups in total. The van der Waals surface area contributed by atoms with Gasteiger partial charge in [-0.2, -0.15) is 5.10 Å². The molecule has 1 aromatic heterocycles. The number of likely N-dealkylation sites (tertiary alicyclic amines) is 1. The van der Waals surface area contributed by atoms with Gasteiger partial charge in [0.1, 0.15) is 0 Å². The first kappa shape index (κ1) is 12.9. The number of piperidine rings is 1. The molecule has 5 nitrogen and oxygen atoms in total. The van der Waals surface area contributed by atoms with Crippen molar-refractivity contribution in [2.24, 2.45) is 0 Å². The van der Waals surface area contributed by atoms with Gasteiger partial charge in [0, 0.05) is 18.8 Å². The summed E-state index contributed by atoms with van der Waals surface area (Å²) in [6.45, 7) is 7.87. The Morgan fingerprint density at radius 1 is 1.44 bits per heavy atom. The van der Waals surface area contributed by atoms with Gasteiger partial charge in [0.05, 0.1) is 18.3 Å². The van der Waals surface area contributed by atoms with Gasteiger partial charge in [-0.25, -0.2) is 4.79 Å². The van der Waals surface area contributed by atoms with Crippen LogP contribution in [0.2, 0.25) is 0 Å². The fraction of sp³-hybridized carbons (Fsp3) is 0.692. The van der Waals surface area contributed by atoms with Crippen molar-refractivity contribution >= 4 is 6.09 Å². The highest BCUT2D eigenvalue weighted by Gasteiger charge is 2.25. The van der Waals surface area contributed by atoms with Crippen LogP contribution in [0.15, 0.2) is 6.07 Å². The first-order valence-corrected chi connectivity index (χ1v) is 6.56. The maximum atomic E-state index is 11.6. The van der Waals surface area contributed by atoms with Gasteiger partial charge in [-0.3, -0.25) is 4.68 Å². The summed E-state index contributed by atoms with van der Waals surface area (Å²) in [4.78, 5) is 13.4. The average molecular weight is 251 g/mol. The topological polar surface area (TPSA) is 47.4 Å². The molecule has 1 aromatic rings. The highest BCUT2D eigenvalue weighted by Crippen LogP contribution is 2.24. The van der Waals surface area contributed by atoms with Crippen molar-refractivity contribution in [2.75, 3.05) is 19.7 Å². The number of carbonyl (C=O) groups excluding carboxylic acids is 1. The molecule has 0 radical (unpaired) electrons. The predicted octanol–water partition coefficient (Wildman–Crippen LogP) is 2.29. The summed E-state index contributed by atoms with van der Waals surface area (Å²) >= 11 is 0. The summed E-state index contributed by atoms with van der Waals surface area (Å²) in [5.41, 5.74) is 2.25. The van der Waals surface area contributed by atoms with Crippen molar-refractivity contribution < 1.29 is 9.53 Å². The third-order valence-electron chi connectivity index (χ3n) is 3.38. The van der Waals surface area contributed by atoms with E-state index in [1.807, 2.05) is 13.8 Å². The third-order valence-corrected chi connectivity index (χ3v) is 3.38. The minimum absolute atomic E-state index is 0.190. The SMILES string of the molecule is CCOC(=O)N1CCC(n2nc(C)cc2C)CC1. The lowest BCUT2D eigenvalue weighted by atomic mass is 10.1. The lowest BCUT2D eigenvalue weighted by Gasteiger charge is -2.31. The zero-order chi connectivity index (χ0) is 13.1. The van der Waals surface area contributed by atoms with Gasteiger partial charge >= 0.3 is 6.09 Å². The Balaban J connectivity index is 1.94. The normalized spacial score (nSPS) is 16.9. The summed E-state index contributed by atoms with van der Waals surface area (Å²) in [7, 11) is 0. The van der Waals surface area contributed by atoms with E-state index in [1.54, 1.807) is 4.90 Å². The number of aryl methyl sites for hydroxylation is 2. The van der Waals surface area contributed by atoms with Crippen molar-refractivity contribution in [1.29, 1.82) is 0 Å². The van der Waals surface area contributed by atoms with E-state index in [2.05, 4.69) is 22.8 Å². The first-order valence-electron chi connectivity index (χ1n) is 6.56. The van der Waals surface area contributed by atoms with E-state index in [0.717, 1.165) is 31.6 Å². The smallest absolute Gasteiger partial charge is 0.409 e. The van der Waals surface area contributed by atoms with E-state index in [1.165, 1.54) is 5.69 Å². The molecule has 0 bridgehead atoms. The molecular formula is C13H21N3O2. The van der Waals surface area contributed by atoms with Gasteiger partial charge in [0.15, 0.2) is 0 Å². The minimum Gasteiger partial charge on any atom is -0.450 e. The van der Waals surface area contributed by atoms with Crippen LogP contribution in [-0.4, -0.2) is 40.5 Å². The Labute approximate surface area is 108 Å². The molecule has 0 unspecified atom stereocenters. The molecule has 0 aromatic carbocycles. The molecule has 0 atom stereocenters. The Hall–Kier alpha value is -1.52. The average Bonchev–Trinajstić information content (AvgIpc) is 2.69. The Morgan fingerprint density at radius 3 is 2.61 bits per heavy atom. The highest BCUT2D eigenvalue weighted by molar-refractivity contribution is 5.67. The van der Waals surface area contributed by atoms with E-state index in [0.29, 0.717) is 12.6 Å². The summed E-state index contributed by atoms with van der Waals surface area (Å²) in [5, 5.41) is 4.52. The number of hydrogen-bond donors (Lipinski definition) is 0. The Morgan fingerprint density at radius 2 is 2.11 bits per heavy atom. The van der Waals surface area contributed by atoms with Gasteiger partial charge < -0.3 is 9.64 Å². The molecule has 5 heteroatoms. The largest absolute Gasteiger partial charge is 0.450 e. The van der Waals surface area contributed by atoms with E-state index in [-0.39, 0.29) is 6.09 Å². The molecule has 1 fully saturated rings. The van der Waals surface area contributed by atoms with Crippen molar-refractivity contribution in [3.05, 3.63) is 17.5 Å². The number of carbonyl (C=O) groups is 1. The van der Waals surface area contributed by atoms with Gasteiger partial charge in [-0.05, 0) is 39.7 Å². The van der Waals surface area contributed by atoms with E-state index >= 15 is 0 Å². The molecule has 0 spiro atoms. The van der Waals surface area contributed by atoms with Crippen LogP contribution in [0.25, 0.3) is 0 Å². The fourth-order valence-corrected chi connectivity index (χ4v) is 2.52. The molecule has 1 aliphatic heterocycles. The second-order valence-electron chi connectivity index (χ2n) is 4.79. The Kier molecular flexibility index (Phi) is 3.89. The molecule has 1 aliphatic rings. The maximum Gasteiger partial charge on any atom is 0.409 e. The summed E-state index contributed by atoms with van der Waals surface area (Å²) in [5.74, 6) is 0. The van der Waals surface area contributed by atoms with Gasteiger partial charge in [-0.15, -0.1) is 0 Å². The summed E-state index contributed by atoms with van der Waals surface area (Å²) in [6.07, 6.45) is 1.70. The number of nitrogens with zero attached hydrogens (tertiary/aromatic N) is 3. The van der Waals surface area contributed by atoms with Crippen molar-refractivity contribution in [1.82, 2.24) is 14.7 Å². The number of ether oxygens (including phenoxy) is 1. The molecule has 100 valence electrons. The molecule has 2 heterocycles. The minimum atomic E-state index is -0.190. The zero-order valence-electron chi connectivity index (χ0n) is 11.3.